The van der Waals surface area contributed by atoms with Crippen LogP contribution in [0.2, 0.25) is 0 Å². The zero-order valence-corrected chi connectivity index (χ0v) is 26.4. The third-order valence-corrected chi connectivity index (χ3v) is 8.01. The van der Waals surface area contributed by atoms with Crippen LogP contribution in [0.3, 0.4) is 0 Å². The van der Waals surface area contributed by atoms with E-state index in [1.807, 2.05) is 59.9 Å². The number of carbonyl (C=O) groups excluding carboxylic acids is 1. The molecule has 3 heterocycles. The van der Waals surface area contributed by atoms with Crippen molar-refractivity contribution in [1.82, 2.24) is 9.97 Å². The first kappa shape index (κ1) is 29.4. The number of hydrogen-bond acceptors (Lipinski definition) is 7. The van der Waals surface area contributed by atoms with Crippen LogP contribution in [0, 0.1) is 18.3 Å². The zero-order chi connectivity index (χ0) is 30.5. The van der Waals surface area contributed by atoms with Crippen molar-refractivity contribution < 1.29 is 23.7 Å². The number of aryl methyl sites for hydroxylation is 1. The number of aromatic nitrogens is 2. The molecule has 1 atom stereocenters. The normalized spacial score (nSPS) is 15.8. The summed E-state index contributed by atoms with van der Waals surface area (Å²) >= 11 is 0. The average Bonchev–Trinajstić information content (AvgIpc) is 3.77. The molecular formula is C36H42N2O5. The van der Waals surface area contributed by atoms with E-state index < -0.39 is 17.1 Å². The van der Waals surface area contributed by atoms with Crippen molar-refractivity contribution in [2.75, 3.05) is 19.8 Å². The second-order valence-electron chi connectivity index (χ2n) is 13.9. The number of fused-ring (bicyclic) bond motifs is 1. The molecule has 7 nitrogen and oxygen atoms in total. The van der Waals surface area contributed by atoms with Crippen LogP contribution in [0.25, 0.3) is 32.9 Å². The maximum absolute atomic E-state index is 12.9. The van der Waals surface area contributed by atoms with Gasteiger partial charge in [-0.15, -0.1) is 0 Å². The molecule has 0 bridgehead atoms. The minimum absolute atomic E-state index is 0.0839. The average molecular weight is 583 g/mol. The van der Waals surface area contributed by atoms with Crippen LogP contribution in [-0.2, 0) is 20.7 Å². The number of ether oxygens (including phenoxy) is 4. The summed E-state index contributed by atoms with van der Waals surface area (Å²) in [4.78, 5) is 22.8. The molecule has 0 spiro atoms. The van der Waals surface area contributed by atoms with Gasteiger partial charge in [-0.05, 0) is 120 Å². The molecule has 2 aliphatic rings. The summed E-state index contributed by atoms with van der Waals surface area (Å²) in [5, 5.41) is 2.00. The molecule has 226 valence electrons. The number of rotatable bonds is 8. The highest BCUT2D eigenvalue weighted by Gasteiger charge is 2.31. The van der Waals surface area contributed by atoms with Gasteiger partial charge in [-0.2, -0.15) is 0 Å². The van der Waals surface area contributed by atoms with E-state index in [1.54, 1.807) is 0 Å². The second-order valence-corrected chi connectivity index (χ2v) is 13.9. The summed E-state index contributed by atoms with van der Waals surface area (Å²) in [5.74, 6) is 1.84. The van der Waals surface area contributed by atoms with Crippen molar-refractivity contribution >= 4 is 27.8 Å². The summed E-state index contributed by atoms with van der Waals surface area (Å²) < 4.78 is 24.7. The number of nitrogens with zero attached hydrogens (tertiary/aromatic N) is 2. The van der Waals surface area contributed by atoms with Crippen LogP contribution in [0.15, 0.2) is 42.6 Å². The number of benzene rings is 2. The summed E-state index contributed by atoms with van der Waals surface area (Å²) in [6.45, 7) is 15.2. The van der Waals surface area contributed by atoms with E-state index in [-0.39, 0.29) is 12.6 Å². The molecule has 7 heteroatoms. The number of esters is 1. The molecule has 0 N–H and O–H groups in total. The zero-order valence-electron chi connectivity index (χ0n) is 26.4. The van der Waals surface area contributed by atoms with Crippen LogP contribution >= 0.6 is 0 Å². The third kappa shape index (κ3) is 6.19. The molecule has 6 rings (SSSR count). The molecule has 0 radical (unpaired) electrons. The standard InChI is InChI=1S/C36H42N2O5/c1-21-18-26-24(11-13-29(38-26)41-19-22-8-9-22)32(25-10-12-27-31-23(15-17-40-27)14-16-37-33(25)31)30(21)28(43-36(5,6)7)20-42-34(39)35(2,3)4/h10-14,16,18,22,28H,8-9,15,17,19-20H2,1-7H3. The van der Waals surface area contributed by atoms with E-state index in [4.69, 9.17) is 28.9 Å². The SMILES string of the molecule is Cc1cc2nc(OCC3CC3)ccc2c(-c2ccc3c4c(ccnc24)CCO3)c1C(COC(=O)C(C)(C)C)OC(C)(C)C. The second kappa shape index (κ2) is 11.1. The largest absolute Gasteiger partial charge is 0.493 e. The van der Waals surface area contributed by atoms with Gasteiger partial charge in [0.25, 0.3) is 0 Å². The summed E-state index contributed by atoms with van der Waals surface area (Å²) in [6, 6.07) is 12.3. The molecule has 0 saturated heterocycles. The number of carbonyl (C=O) groups is 1. The van der Waals surface area contributed by atoms with Crippen LogP contribution in [0.5, 0.6) is 11.6 Å². The molecule has 1 aliphatic carbocycles. The Hall–Kier alpha value is -3.71. The summed E-state index contributed by atoms with van der Waals surface area (Å²) in [6.07, 6.45) is 4.62. The van der Waals surface area contributed by atoms with Gasteiger partial charge in [0.15, 0.2) is 0 Å². The first-order chi connectivity index (χ1) is 20.4. The van der Waals surface area contributed by atoms with Crippen molar-refractivity contribution in [3.63, 3.8) is 0 Å². The van der Waals surface area contributed by atoms with E-state index in [1.165, 1.54) is 18.4 Å². The van der Waals surface area contributed by atoms with Gasteiger partial charge in [0, 0.05) is 35.0 Å². The Bertz CT molecular complexity index is 1680. The Morgan fingerprint density at radius 2 is 1.86 bits per heavy atom. The molecule has 43 heavy (non-hydrogen) atoms. The quantitative estimate of drug-likeness (QED) is 0.195. The molecular weight excluding hydrogens is 540 g/mol. The molecule has 2 aromatic heterocycles. The van der Waals surface area contributed by atoms with Crippen molar-refractivity contribution in [2.24, 2.45) is 11.3 Å². The van der Waals surface area contributed by atoms with Crippen LogP contribution in [-0.4, -0.2) is 41.4 Å². The highest BCUT2D eigenvalue weighted by molar-refractivity contribution is 6.07. The lowest BCUT2D eigenvalue weighted by atomic mass is 9.86. The number of hydrogen-bond donors (Lipinski definition) is 0. The molecule has 1 aliphatic heterocycles. The van der Waals surface area contributed by atoms with Gasteiger partial charge in [0.05, 0.1) is 35.3 Å². The van der Waals surface area contributed by atoms with Gasteiger partial charge in [-0.25, -0.2) is 4.98 Å². The van der Waals surface area contributed by atoms with Gasteiger partial charge in [-0.3, -0.25) is 9.78 Å². The maximum atomic E-state index is 12.9. The van der Waals surface area contributed by atoms with Gasteiger partial charge in [0.2, 0.25) is 5.88 Å². The molecule has 1 fully saturated rings. The van der Waals surface area contributed by atoms with Crippen molar-refractivity contribution in [2.45, 2.75) is 79.4 Å². The Morgan fingerprint density at radius 3 is 2.58 bits per heavy atom. The number of pyridine rings is 2. The third-order valence-electron chi connectivity index (χ3n) is 8.01. The minimum atomic E-state index is -0.631. The van der Waals surface area contributed by atoms with Crippen molar-refractivity contribution in [3.05, 3.63) is 59.3 Å². The van der Waals surface area contributed by atoms with Crippen LogP contribution in [0.4, 0.5) is 0 Å². The summed E-state index contributed by atoms with van der Waals surface area (Å²) in [5.41, 5.74) is 5.69. The van der Waals surface area contributed by atoms with Crippen molar-refractivity contribution in [3.8, 4) is 22.8 Å². The van der Waals surface area contributed by atoms with Crippen LogP contribution < -0.4 is 9.47 Å². The molecule has 0 amide bonds. The van der Waals surface area contributed by atoms with E-state index in [0.29, 0.717) is 25.0 Å². The summed E-state index contributed by atoms with van der Waals surface area (Å²) in [7, 11) is 0. The predicted molar refractivity (Wildman–Crippen MR) is 169 cm³/mol. The molecule has 2 aromatic carbocycles. The topological polar surface area (TPSA) is 79.8 Å². The van der Waals surface area contributed by atoms with Crippen LogP contribution in [0.1, 0.15) is 77.2 Å². The highest BCUT2D eigenvalue weighted by atomic mass is 16.6. The highest BCUT2D eigenvalue weighted by Crippen LogP contribution is 2.45. The molecule has 1 unspecified atom stereocenters. The van der Waals surface area contributed by atoms with Gasteiger partial charge >= 0.3 is 5.97 Å². The lowest BCUT2D eigenvalue weighted by molar-refractivity contribution is -0.162. The van der Waals surface area contributed by atoms with E-state index in [9.17, 15) is 4.79 Å². The maximum Gasteiger partial charge on any atom is 0.311 e. The van der Waals surface area contributed by atoms with E-state index >= 15 is 0 Å². The minimum Gasteiger partial charge on any atom is -0.493 e. The van der Waals surface area contributed by atoms with E-state index in [2.05, 4.69) is 31.2 Å². The Labute approximate surface area is 253 Å². The monoisotopic (exact) mass is 582 g/mol. The smallest absolute Gasteiger partial charge is 0.311 e. The van der Waals surface area contributed by atoms with E-state index in [0.717, 1.165) is 56.2 Å². The molecule has 4 aromatic rings. The van der Waals surface area contributed by atoms with Gasteiger partial charge < -0.3 is 18.9 Å². The first-order valence-electron chi connectivity index (χ1n) is 15.3. The Kier molecular flexibility index (Phi) is 7.57. The van der Waals surface area contributed by atoms with Crippen molar-refractivity contribution in [1.29, 1.82) is 0 Å². The molecule has 1 saturated carbocycles. The lowest BCUT2D eigenvalue weighted by Gasteiger charge is -2.31. The fourth-order valence-electron chi connectivity index (χ4n) is 5.75. The fourth-order valence-corrected chi connectivity index (χ4v) is 5.75. The van der Waals surface area contributed by atoms with Gasteiger partial charge in [-0.1, -0.05) is 0 Å². The Morgan fingerprint density at radius 1 is 1.07 bits per heavy atom. The first-order valence-corrected chi connectivity index (χ1v) is 15.3. The Balaban J connectivity index is 1.57. The van der Waals surface area contributed by atoms with Gasteiger partial charge in [0.1, 0.15) is 18.5 Å². The lowest BCUT2D eigenvalue weighted by Crippen LogP contribution is -2.30. The fraction of sp³-hybridized carbons (Fsp3) is 0.472. The predicted octanol–water partition coefficient (Wildman–Crippen LogP) is 7.93.